The molecule has 1 saturated carbocycles. The van der Waals surface area contributed by atoms with Crippen LogP contribution in [0.1, 0.15) is 48.2 Å². The van der Waals surface area contributed by atoms with Crippen molar-refractivity contribution < 1.29 is 9.53 Å². The number of amides is 1. The molecule has 0 aliphatic heterocycles. The van der Waals surface area contributed by atoms with Gasteiger partial charge in [-0.25, -0.2) is 4.98 Å². The number of aromatic nitrogens is 1. The Morgan fingerprint density at radius 1 is 1.26 bits per heavy atom. The van der Waals surface area contributed by atoms with Crippen LogP contribution in [0.3, 0.4) is 0 Å². The zero-order chi connectivity index (χ0) is 16.1. The van der Waals surface area contributed by atoms with E-state index in [0.29, 0.717) is 12.6 Å². The quantitative estimate of drug-likeness (QED) is 0.828. The number of carbonyl (C=O) groups excluding carboxylic acids is 1. The van der Waals surface area contributed by atoms with Crippen LogP contribution >= 0.6 is 11.3 Å². The summed E-state index contributed by atoms with van der Waals surface area (Å²) in [5.41, 5.74) is 3.44. The van der Waals surface area contributed by atoms with Crippen LogP contribution in [0.25, 0.3) is 0 Å². The van der Waals surface area contributed by atoms with E-state index in [-0.39, 0.29) is 5.91 Å². The Labute approximate surface area is 141 Å². The summed E-state index contributed by atoms with van der Waals surface area (Å²) in [6, 6.07) is 7.79. The van der Waals surface area contributed by atoms with Crippen LogP contribution in [0.15, 0.2) is 35.2 Å². The zero-order valence-corrected chi connectivity index (χ0v) is 14.2. The summed E-state index contributed by atoms with van der Waals surface area (Å²) < 4.78 is 5.68. The van der Waals surface area contributed by atoms with Gasteiger partial charge in [-0.05, 0) is 37.1 Å². The van der Waals surface area contributed by atoms with E-state index >= 15 is 0 Å². The van der Waals surface area contributed by atoms with Crippen LogP contribution in [0, 0.1) is 0 Å². The van der Waals surface area contributed by atoms with Gasteiger partial charge in [0, 0.05) is 24.0 Å². The largest absolute Gasteiger partial charge is 0.487 e. The van der Waals surface area contributed by atoms with Crippen LogP contribution in [0.2, 0.25) is 0 Å². The number of nitrogens with zero attached hydrogens (tertiary/aromatic N) is 2. The molecule has 0 unspecified atom stereocenters. The van der Waals surface area contributed by atoms with Crippen molar-refractivity contribution >= 4 is 17.2 Å². The molecule has 1 aromatic carbocycles. The van der Waals surface area contributed by atoms with Crippen LogP contribution in [-0.4, -0.2) is 28.9 Å². The average Bonchev–Trinajstić information content (AvgIpc) is 3.13. The minimum absolute atomic E-state index is 0.1000. The van der Waals surface area contributed by atoms with Crippen molar-refractivity contribution in [3.8, 4) is 5.75 Å². The molecule has 1 amide bonds. The smallest absolute Gasteiger partial charge is 0.253 e. The molecule has 23 heavy (non-hydrogen) atoms. The maximum Gasteiger partial charge on any atom is 0.253 e. The topological polar surface area (TPSA) is 42.4 Å². The number of hydrogen-bond donors (Lipinski definition) is 0. The fourth-order valence-corrected chi connectivity index (χ4v) is 3.54. The maximum absolute atomic E-state index is 12.6. The van der Waals surface area contributed by atoms with Gasteiger partial charge in [-0.15, -0.1) is 11.3 Å². The molecule has 122 valence electrons. The second kappa shape index (κ2) is 7.59. The van der Waals surface area contributed by atoms with Crippen LogP contribution in [0.4, 0.5) is 0 Å². The summed E-state index contributed by atoms with van der Waals surface area (Å²) in [4.78, 5) is 18.7. The first-order chi connectivity index (χ1) is 11.2. The van der Waals surface area contributed by atoms with Crippen LogP contribution in [0.5, 0.6) is 5.75 Å². The molecule has 1 fully saturated rings. The number of rotatable bonds is 5. The van der Waals surface area contributed by atoms with Gasteiger partial charge < -0.3 is 9.64 Å². The third kappa shape index (κ3) is 4.10. The van der Waals surface area contributed by atoms with E-state index in [1.165, 1.54) is 19.3 Å². The summed E-state index contributed by atoms with van der Waals surface area (Å²) >= 11 is 1.56. The van der Waals surface area contributed by atoms with Gasteiger partial charge in [-0.3, -0.25) is 4.79 Å². The zero-order valence-electron chi connectivity index (χ0n) is 13.4. The molecule has 3 rings (SSSR count). The van der Waals surface area contributed by atoms with Crippen LogP contribution in [-0.2, 0) is 6.61 Å². The third-order valence-electron chi connectivity index (χ3n) is 4.41. The molecule has 0 bridgehead atoms. The molecule has 0 atom stereocenters. The van der Waals surface area contributed by atoms with E-state index in [0.717, 1.165) is 29.8 Å². The maximum atomic E-state index is 12.6. The Kier molecular flexibility index (Phi) is 5.28. The van der Waals surface area contributed by atoms with E-state index < -0.39 is 0 Å². The second-order valence-electron chi connectivity index (χ2n) is 6.00. The first-order valence-corrected chi connectivity index (χ1v) is 9.05. The molecule has 1 aromatic heterocycles. The van der Waals surface area contributed by atoms with Crippen molar-refractivity contribution in [1.29, 1.82) is 0 Å². The number of thiazole rings is 1. The van der Waals surface area contributed by atoms with Gasteiger partial charge in [0.25, 0.3) is 5.91 Å². The highest BCUT2D eigenvalue weighted by Crippen LogP contribution is 2.23. The molecule has 1 heterocycles. The van der Waals surface area contributed by atoms with Gasteiger partial charge in [0.2, 0.25) is 0 Å². The minimum Gasteiger partial charge on any atom is -0.487 e. The predicted molar refractivity (Wildman–Crippen MR) is 91.9 cm³/mol. The lowest BCUT2D eigenvalue weighted by Gasteiger charge is -2.31. The highest BCUT2D eigenvalue weighted by molar-refractivity contribution is 7.07. The van der Waals surface area contributed by atoms with Gasteiger partial charge in [0.05, 0.1) is 11.2 Å². The van der Waals surface area contributed by atoms with Gasteiger partial charge in [0.15, 0.2) is 0 Å². The summed E-state index contributed by atoms with van der Waals surface area (Å²) in [7, 11) is 1.92. The third-order valence-corrected chi connectivity index (χ3v) is 5.05. The van der Waals surface area contributed by atoms with E-state index in [1.807, 2.05) is 41.6 Å². The standard InChI is InChI=1S/C18H22N2O2S/c1-20(16-5-3-2-4-6-16)18(21)14-7-9-17(10-8-14)22-11-15-12-23-13-19-15/h7-10,12-13,16H,2-6,11H2,1H3. The minimum atomic E-state index is 0.1000. The predicted octanol–water partition coefficient (Wildman–Crippen LogP) is 4.13. The monoisotopic (exact) mass is 330 g/mol. The van der Waals surface area contributed by atoms with E-state index in [4.69, 9.17) is 4.74 Å². The first-order valence-electron chi connectivity index (χ1n) is 8.11. The molecule has 1 aliphatic rings. The number of hydrogen-bond acceptors (Lipinski definition) is 4. The van der Waals surface area contributed by atoms with Crippen molar-refractivity contribution in [1.82, 2.24) is 9.88 Å². The van der Waals surface area contributed by atoms with Crippen molar-refractivity contribution in [3.05, 3.63) is 46.4 Å². The Morgan fingerprint density at radius 2 is 2.00 bits per heavy atom. The van der Waals surface area contributed by atoms with E-state index in [9.17, 15) is 4.79 Å². The highest BCUT2D eigenvalue weighted by Gasteiger charge is 2.22. The molecule has 0 saturated heterocycles. The van der Waals surface area contributed by atoms with Crippen molar-refractivity contribution in [3.63, 3.8) is 0 Å². The molecule has 0 N–H and O–H groups in total. The molecule has 4 nitrogen and oxygen atoms in total. The van der Waals surface area contributed by atoms with Crippen LogP contribution < -0.4 is 4.74 Å². The molecule has 0 spiro atoms. The summed E-state index contributed by atoms with van der Waals surface area (Å²) in [6.45, 7) is 0.457. The summed E-state index contributed by atoms with van der Waals surface area (Å²) in [5, 5.41) is 1.97. The summed E-state index contributed by atoms with van der Waals surface area (Å²) in [6.07, 6.45) is 6.00. The first kappa shape index (κ1) is 16.0. The Morgan fingerprint density at radius 3 is 2.65 bits per heavy atom. The molecular formula is C18H22N2O2S. The lowest BCUT2D eigenvalue weighted by atomic mass is 9.94. The lowest BCUT2D eigenvalue weighted by Crippen LogP contribution is -2.38. The molecule has 2 aromatic rings. The molecule has 1 aliphatic carbocycles. The van der Waals surface area contributed by atoms with E-state index in [1.54, 1.807) is 16.8 Å². The Balaban J connectivity index is 1.58. The fourth-order valence-electron chi connectivity index (χ4n) is 3.00. The van der Waals surface area contributed by atoms with Gasteiger partial charge >= 0.3 is 0 Å². The Hall–Kier alpha value is -1.88. The van der Waals surface area contributed by atoms with Crippen molar-refractivity contribution in [2.75, 3.05) is 7.05 Å². The number of carbonyl (C=O) groups is 1. The molecule has 0 radical (unpaired) electrons. The van der Waals surface area contributed by atoms with E-state index in [2.05, 4.69) is 4.98 Å². The molecular weight excluding hydrogens is 308 g/mol. The SMILES string of the molecule is CN(C(=O)c1ccc(OCc2cscn2)cc1)C1CCCCC1. The van der Waals surface area contributed by atoms with Crippen molar-refractivity contribution in [2.24, 2.45) is 0 Å². The van der Waals surface area contributed by atoms with Gasteiger partial charge in [-0.2, -0.15) is 0 Å². The highest BCUT2D eigenvalue weighted by atomic mass is 32.1. The Bertz CT molecular complexity index is 619. The number of benzene rings is 1. The number of ether oxygens (including phenoxy) is 1. The van der Waals surface area contributed by atoms with Gasteiger partial charge in [-0.1, -0.05) is 19.3 Å². The summed E-state index contributed by atoms with van der Waals surface area (Å²) in [5.74, 6) is 0.859. The fraction of sp³-hybridized carbons (Fsp3) is 0.444. The molecule has 5 heteroatoms. The second-order valence-corrected chi connectivity index (χ2v) is 6.72. The lowest BCUT2D eigenvalue weighted by molar-refractivity contribution is 0.0696. The normalized spacial score (nSPS) is 15.3. The average molecular weight is 330 g/mol. The van der Waals surface area contributed by atoms with Gasteiger partial charge in [0.1, 0.15) is 12.4 Å². The van der Waals surface area contributed by atoms with Crippen molar-refractivity contribution in [2.45, 2.75) is 44.8 Å².